The molecule has 2 aromatic heterocycles. The van der Waals surface area contributed by atoms with E-state index >= 15 is 0 Å². The van der Waals surface area contributed by atoms with E-state index in [2.05, 4.69) is 17.0 Å². The van der Waals surface area contributed by atoms with Crippen LogP contribution in [-0.4, -0.2) is 41.7 Å². The van der Waals surface area contributed by atoms with Crippen molar-refractivity contribution in [2.24, 2.45) is 4.99 Å². The van der Waals surface area contributed by atoms with Crippen LogP contribution in [0.1, 0.15) is 34.6 Å². The fourth-order valence-electron chi connectivity index (χ4n) is 3.20. The van der Waals surface area contributed by atoms with Crippen molar-refractivity contribution in [1.82, 2.24) is 4.90 Å². The number of hydrogen-bond acceptors (Lipinski definition) is 6. The molecule has 0 saturated heterocycles. The maximum Gasteiger partial charge on any atom is 0.225 e. The zero-order chi connectivity index (χ0) is 19.2. The van der Waals surface area contributed by atoms with Gasteiger partial charge in [0.2, 0.25) is 11.8 Å². The van der Waals surface area contributed by atoms with Crippen LogP contribution in [0.15, 0.2) is 27.8 Å². The monoisotopic (exact) mass is 389 g/mol. The Labute approximate surface area is 161 Å². The molecule has 0 unspecified atom stereocenters. The van der Waals surface area contributed by atoms with Gasteiger partial charge in [0.1, 0.15) is 10.8 Å². The molecule has 2 aromatic rings. The molecule has 1 aliphatic heterocycles. The number of nitrogens with zero attached hydrogens (tertiary/aromatic N) is 2. The van der Waals surface area contributed by atoms with Gasteiger partial charge in [-0.3, -0.25) is 14.6 Å². The first-order valence-electron chi connectivity index (χ1n) is 8.89. The first kappa shape index (κ1) is 19.3. The van der Waals surface area contributed by atoms with Gasteiger partial charge in [0.15, 0.2) is 0 Å². The summed E-state index contributed by atoms with van der Waals surface area (Å²) in [6, 6.07) is 3.65. The highest BCUT2D eigenvalue weighted by Gasteiger charge is 2.26. The SMILES string of the molecule is C=NCc1c(NC(=O)CCc2ccco2)sc2c1CCN(C(=O)CCO)C2. The average Bonchev–Trinajstić information content (AvgIpc) is 3.28. The van der Waals surface area contributed by atoms with Crippen LogP contribution in [0.2, 0.25) is 0 Å². The number of amides is 2. The number of aliphatic imine (C=N–C) groups is 1. The molecule has 0 aromatic carbocycles. The van der Waals surface area contributed by atoms with E-state index in [0.29, 0.717) is 32.5 Å². The second kappa shape index (κ2) is 8.96. The second-order valence-corrected chi connectivity index (χ2v) is 7.46. The number of nitrogens with one attached hydrogen (secondary N) is 1. The fraction of sp³-hybridized carbons (Fsp3) is 0.421. The molecule has 0 fully saturated rings. The molecule has 0 atom stereocenters. The van der Waals surface area contributed by atoms with Crippen molar-refractivity contribution in [2.75, 3.05) is 18.5 Å². The number of hydrogen-bond donors (Lipinski definition) is 2. The summed E-state index contributed by atoms with van der Waals surface area (Å²) in [5, 5.41) is 12.8. The Hall–Kier alpha value is -2.45. The van der Waals surface area contributed by atoms with Crippen LogP contribution in [0.3, 0.4) is 0 Å². The Morgan fingerprint density at radius 1 is 1.41 bits per heavy atom. The van der Waals surface area contributed by atoms with Gasteiger partial charge in [-0.05, 0) is 30.8 Å². The number of aryl methyl sites for hydroxylation is 1. The van der Waals surface area contributed by atoms with Crippen molar-refractivity contribution < 1.29 is 19.1 Å². The molecule has 0 radical (unpaired) electrons. The van der Waals surface area contributed by atoms with Crippen LogP contribution in [-0.2, 0) is 35.5 Å². The number of fused-ring (bicyclic) bond motifs is 1. The van der Waals surface area contributed by atoms with Gasteiger partial charge in [-0.2, -0.15) is 0 Å². The third kappa shape index (κ3) is 4.64. The van der Waals surface area contributed by atoms with E-state index < -0.39 is 0 Å². The summed E-state index contributed by atoms with van der Waals surface area (Å²) in [5.41, 5.74) is 2.15. The zero-order valence-electron chi connectivity index (χ0n) is 15.1. The largest absolute Gasteiger partial charge is 0.469 e. The minimum atomic E-state index is -0.144. The van der Waals surface area contributed by atoms with Crippen LogP contribution in [0.25, 0.3) is 0 Å². The van der Waals surface area contributed by atoms with Gasteiger partial charge in [0.25, 0.3) is 0 Å². The lowest BCUT2D eigenvalue weighted by Gasteiger charge is -2.27. The van der Waals surface area contributed by atoms with Crippen molar-refractivity contribution in [3.8, 4) is 0 Å². The fourth-order valence-corrected chi connectivity index (χ4v) is 4.49. The molecule has 1 aliphatic rings. The van der Waals surface area contributed by atoms with Crippen molar-refractivity contribution in [3.05, 3.63) is 40.2 Å². The van der Waals surface area contributed by atoms with Crippen LogP contribution >= 0.6 is 11.3 Å². The van der Waals surface area contributed by atoms with Gasteiger partial charge in [-0.1, -0.05) is 0 Å². The van der Waals surface area contributed by atoms with Crippen molar-refractivity contribution in [1.29, 1.82) is 0 Å². The van der Waals surface area contributed by atoms with Gasteiger partial charge in [0, 0.05) is 36.2 Å². The minimum Gasteiger partial charge on any atom is -0.469 e. The van der Waals surface area contributed by atoms with Crippen molar-refractivity contribution in [3.63, 3.8) is 0 Å². The van der Waals surface area contributed by atoms with Crippen molar-refractivity contribution >= 4 is 34.9 Å². The molecule has 144 valence electrons. The highest BCUT2D eigenvalue weighted by atomic mass is 32.1. The van der Waals surface area contributed by atoms with Crippen LogP contribution in [0.5, 0.6) is 0 Å². The van der Waals surface area contributed by atoms with E-state index in [0.717, 1.165) is 33.2 Å². The van der Waals surface area contributed by atoms with E-state index in [4.69, 9.17) is 9.52 Å². The van der Waals surface area contributed by atoms with Gasteiger partial charge < -0.3 is 19.7 Å². The molecule has 2 N–H and O–H groups in total. The first-order valence-corrected chi connectivity index (χ1v) is 9.70. The Bertz CT molecular complexity index is 813. The topological polar surface area (TPSA) is 95.1 Å². The Morgan fingerprint density at radius 2 is 2.26 bits per heavy atom. The summed E-state index contributed by atoms with van der Waals surface area (Å²) < 4.78 is 5.26. The Morgan fingerprint density at radius 3 is 2.96 bits per heavy atom. The maximum absolute atomic E-state index is 12.4. The zero-order valence-corrected chi connectivity index (χ0v) is 15.9. The predicted octanol–water partition coefficient (Wildman–Crippen LogP) is 2.38. The summed E-state index contributed by atoms with van der Waals surface area (Å²) in [7, 11) is 0. The summed E-state index contributed by atoms with van der Waals surface area (Å²) in [4.78, 5) is 31.2. The highest BCUT2D eigenvalue weighted by Crippen LogP contribution is 2.37. The lowest BCUT2D eigenvalue weighted by atomic mass is 10.0. The summed E-state index contributed by atoms with van der Waals surface area (Å²) in [6.45, 7) is 4.99. The number of thiophene rings is 1. The van der Waals surface area contributed by atoms with Gasteiger partial charge in [-0.25, -0.2) is 0 Å². The number of carbonyl (C=O) groups is 2. The van der Waals surface area contributed by atoms with E-state index in [1.165, 1.54) is 11.3 Å². The molecule has 27 heavy (non-hydrogen) atoms. The third-order valence-corrected chi connectivity index (χ3v) is 5.72. The highest BCUT2D eigenvalue weighted by molar-refractivity contribution is 7.16. The summed E-state index contributed by atoms with van der Waals surface area (Å²) >= 11 is 1.49. The van der Waals surface area contributed by atoms with E-state index in [1.54, 1.807) is 17.2 Å². The van der Waals surface area contributed by atoms with Gasteiger partial charge in [0.05, 0.1) is 26.0 Å². The predicted molar refractivity (Wildman–Crippen MR) is 104 cm³/mol. The molecule has 2 amide bonds. The van der Waals surface area contributed by atoms with E-state index in [9.17, 15) is 9.59 Å². The Kier molecular flexibility index (Phi) is 6.41. The lowest BCUT2D eigenvalue weighted by Crippen LogP contribution is -2.35. The van der Waals surface area contributed by atoms with Gasteiger partial charge in [-0.15, -0.1) is 11.3 Å². The molecule has 3 heterocycles. The normalized spacial score (nSPS) is 13.3. The molecule has 0 spiro atoms. The van der Waals surface area contributed by atoms with Crippen LogP contribution in [0, 0.1) is 0 Å². The van der Waals surface area contributed by atoms with E-state index in [-0.39, 0.29) is 24.8 Å². The molecular formula is C19H23N3O4S. The van der Waals surface area contributed by atoms with Crippen molar-refractivity contribution in [2.45, 2.75) is 38.8 Å². The first-order chi connectivity index (χ1) is 13.1. The number of carbonyl (C=O) groups excluding carboxylic acids is 2. The van der Waals surface area contributed by atoms with Gasteiger partial charge >= 0.3 is 0 Å². The number of aliphatic hydroxyl groups is 1. The second-order valence-electron chi connectivity index (χ2n) is 6.36. The Balaban J connectivity index is 1.71. The van der Waals surface area contributed by atoms with E-state index in [1.807, 2.05) is 6.07 Å². The lowest BCUT2D eigenvalue weighted by molar-refractivity contribution is -0.132. The van der Waals surface area contributed by atoms with Crippen LogP contribution in [0.4, 0.5) is 5.00 Å². The third-order valence-electron chi connectivity index (χ3n) is 4.55. The average molecular weight is 389 g/mol. The summed E-state index contributed by atoms with van der Waals surface area (Å²) in [6.07, 6.45) is 3.33. The summed E-state index contributed by atoms with van der Waals surface area (Å²) in [5.74, 6) is 0.647. The van der Waals surface area contributed by atoms with Crippen LogP contribution < -0.4 is 5.32 Å². The molecule has 3 rings (SSSR count). The quantitative estimate of drug-likeness (QED) is 0.678. The molecule has 0 saturated carbocycles. The molecule has 8 heteroatoms. The number of aliphatic hydroxyl groups excluding tert-OH is 1. The number of furan rings is 1. The minimum absolute atomic E-state index is 0.0519. The molecule has 0 aliphatic carbocycles. The number of anilines is 1. The standard InChI is InChI=1S/C19H23N3O4S/c1-20-11-15-14-6-8-22(18(25)7-9-23)12-16(14)27-19(15)21-17(24)5-4-13-3-2-10-26-13/h2-3,10,23H,1,4-9,11-12H2,(H,21,24). The molecule has 7 nitrogen and oxygen atoms in total. The maximum atomic E-state index is 12.4. The molecule has 0 bridgehead atoms. The smallest absolute Gasteiger partial charge is 0.225 e. The number of rotatable bonds is 8. The molecular weight excluding hydrogens is 366 g/mol.